The maximum Gasteiger partial charge on any atom is 0.107 e. The molecule has 0 atom stereocenters. The lowest BCUT2D eigenvalue weighted by atomic mass is 10.3. The quantitative estimate of drug-likeness (QED) is 0.628. The summed E-state index contributed by atoms with van der Waals surface area (Å²) in [5.41, 5.74) is 0. The van der Waals surface area contributed by atoms with Crippen molar-refractivity contribution in [2.45, 2.75) is 26.2 Å². The summed E-state index contributed by atoms with van der Waals surface area (Å²) < 4.78 is 0. The fourth-order valence-corrected chi connectivity index (χ4v) is 1.07. The van der Waals surface area contributed by atoms with Crippen LogP contribution in [0.3, 0.4) is 0 Å². The molecular weight excluding hydrogens is 150 g/mol. The lowest BCUT2D eigenvalue weighted by Gasteiger charge is -2.00. The molecule has 3 nitrogen and oxygen atoms in total. The molecule has 0 saturated heterocycles. The zero-order valence-electron chi connectivity index (χ0n) is 7.64. The van der Waals surface area contributed by atoms with Crippen molar-refractivity contribution < 1.29 is 0 Å². The Morgan fingerprint density at radius 1 is 1.50 bits per heavy atom. The molecule has 0 aliphatic carbocycles. The Hall–Kier alpha value is -0.830. The average molecular weight is 167 g/mol. The Bertz CT molecular complexity index is 182. The Kier molecular flexibility index (Phi) is 4.46. The molecule has 0 bridgehead atoms. The zero-order valence-corrected chi connectivity index (χ0v) is 7.64. The maximum atomic E-state index is 4.14. The van der Waals surface area contributed by atoms with Crippen molar-refractivity contribution in [3.63, 3.8) is 0 Å². The molecule has 0 saturated carbocycles. The highest BCUT2D eigenvalue weighted by atomic mass is 14.9. The van der Waals surface area contributed by atoms with Crippen LogP contribution in [0.1, 0.15) is 25.6 Å². The first-order chi connectivity index (χ1) is 5.93. The number of imidazole rings is 1. The van der Waals surface area contributed by atoms with E-state index in [1.165, 1.54) is 12.8 Å². The third-order valence-electron chi connectivity index (χ3n) is 1.80. The van der Waals surface area contributed by atoms with Gasteiger partial charge in [0.15, 0.2) is 0 Å². The van der Waals surface area contributed by atoms with Crippen LogP contribution < -0.4 is 5.32 Å². The molecule has 1 aromatic rings. The van der Waals surface area contributed by atoms with Crippen LogP contribution in [0.15, 0.2) is 12.4 Å². The molecule has 0 spiro atoms. The van der Waals surface area contributed by atoms with Crippen molar-refractivity contribution in [3.8, 4) is 0 Å². The molecule has 0 radical (unpaired) electrons. The number of aromatic nitrogens is 2. The SMILES string of the molecule is CCCCNCCc1ncc[nH]1. The van der Waals surface area contributed by atoms with Crippen LogP contribution in [0.25, 0.3) is 0 Å². The van der Waals surface area contributed by atoms with Gasteiger partial charge in [0.2, 0.25) is 0 Å². The summed E-state index contributed by atoms with van der Waals surface area (Å²) in [6.07, 6.45) is 7.17. The molecule has 0 amide bonds. The molecular formula is C9H17N3. The van der Waals surface area contributed by atoms with E-state index >= 15 is 0 Å². The van der Waals surface area contributed by atoms with Crippen LogP contribution in [-0.4, -0.2) is 23.1 Å². The Balaban J connectivity index is 1.96. The van der Waals surface area contributed by atoms with E-state index in [9.17, 15) is 0 Å². The molecule has 0 aliphatic rings. The van der Waals surface area contributed by atoms with Gasteiger partial charge in [-0.05, 0) is 13.0 Å². The first-order valence-corrected chi connectivity index (χ1v) is 4.62. The van der Waals surface area contributed by atoms with Gasteiger partial charge in [0, 0.05) is 25.4 Å². The molecule has 1 rings (SSSR count). The largest absolute Gasteiger partial charge is 0.349 e. The minimum Gasteiger partial charge on any atom is -0.349 e. The molecule has 0 aromatic carbocycles. The van der Waals surface area contributed by atoms with E-state index < -0.39 is 0 Å². The smallest absolute Gasteiger partial charge is 0.107 e. The van der Waals surface area contributed by atoms with Gasteiger partial charge in [-0.1, -0.05) is 13.3 Å². The van der Waals surface area contributed by atoms with E-state index in [1.807, 2.05) is 6.20 Å². The van der Waals surface area contributed by atoms with Gasteiger partial charge in [0.1, 0.15) is 5.82 Å². The van der Waals surface area contributed by atoms with E-state index in [0.29, 0.717) is 0 Å². The molecule has 68 valence electrons. The topological polar surface area (TPSA) is 40.7 Å². The Morgan fingerprint density at radius 3 is 3.08 bits per heavy atom. The van der Waals surface area contributed by atoms with E-state index in [0.717, 1.165) is 25.3 Å². The standard InChI is InChI=1S/C9H17N3/c1-2-3-5-10-6-4-9-11-7-8-12-9/h7-8,10H,2-6H2,1H3,(H,11,12). The third kappa shape index (κ3) is 3.53. The van der Waals surface area contributed by atoms with Gasteiger partial charge in [-0.3, -0.25) is 0 Å². The molecule has 2 N–H and O–H groups in total. The van der Waals surface area contributed by atoms with Gasteiger partial charge in [-0.25, -0.2) is 4.98 Å². The van der Waals surface area contributed by atoms with E-state index in [4.69, 9.17) is 0 Å². The molecule has 0 aliphatic heterocycles. The average Bonchev–Trinajstić information content (AvgIpc) is 2.57. The van der Waals surface area contributed by atoms with Crippen molar-refractivity contribution in [2.75, 3.05) is 13.1 Å². The van der Waals surface area contributed by atoms with E-state index in [-0.39, 0.29) is 0 Å². The zero-order chi connectivity index (χ0) is 8.65. The van der Waals surface area contributed by atoms with Gasteiger partial charge in [0.25, 0.3) is 0 Å². The van der Waals surface area contributed by atoms with Gasteiger partial charge in [0.05, 0.1) is 0 Å². The Labute approximate surface area is 73.6 Å². The predicted octanol–water partition coefficient (Wildman–Crippen LogP) is 1.34. The number of unbranched alkanes of at least 4 members (excludes halogenated alkanes) is 1. The second-order valence-electron chi connectivity index (χ2n) is 2.89. The van der Waals surface area contributed by atoms with Gasteiger partial charge < -0.3 is 10.3 Å². The van der Waals surface area contributed by atoms with Crippen LogP contribution in [0, 0.1) is 0 Å². The van der Waals surface area contributed by atoms with E-state index in [2.05, 4.69) is 22.2 Å². The Morgan fingerprint density at radius 2 is 2.42 bits per heavy atom. The number of H-pyrrole nitrogens is 1. The molecule has 12 heavy (non-hydrogen) atoms. The molecule has 3 heteroatoms. The number of nitrogens with one attached hydrogen (secondary N) is 2. The lowest BCUT2D eigenvalue weighted by molar-refractivity contribution is 0.633. The van der Waals surface area contributed by atoms with E-state index in [1.54, 1.807) is 6.20 Å². The van der Waals surface area contributed by atoms with Crippen LogP contribution in [0.5, 0.6) is 0 Å². The second-order valence-corrected chi connectivity index (χ2v) is 2.89. The van der Waals surface area contributed by atoms with Crippen LogP contribution in [-0.2, 0) is 6.42 Å². The third-order valence-corrected chi connectivity index (χ3v) is 1.80. The number of hydrogen-bond donors (Lipinski definition) is 2. The van der Waals surface area contributed by atoms with Crippen LogP contribution in [0.4, 0.5) is 0 Å². The van der Waals surface area contributed by atoms with Gasteiger partial charge in [-0.15, -0.1) is 0 Å². The summed E-state index contributed by atoms with van der Waals surface area (Å²) in [6, 6.07) is 0. The molecule has 1 heterocycles. The van der Waals surface area contributed by atoms with Crippen molar-refractivity contribution in [2.24, 2.45) is 0 Å². The number of aromatic amines is 1. The normalized spacial score (nSPS) is 10.4. The summed E-state index contributed by atoms with van der Waals surface area (Å²) in [6.45, 7) is 4.35. The summed E-state index contributed by atoms with van der Waals surface area (Å²) in [7, 11) is 0. The molecule has 1 aromatic heterocycles. The summed E-state index contributed by atoms with van der Waals surface area (Å²) >= 11 is 0. The van der Waals surface area contributed by atoms with Gasteiger partial charge in [-0.2, -0.15) is 0 Å². The fourth-order valence-electron chi connectivity index (χ4n) is 1.07. The van der Waals surface area contributed by atoms with Crippen molar-refractivity contribution >= 4 is 0 Å². The second kappa shape index (κ2) is 5.77. The number of nitrogens with zero attached hydrogens (tertiary/aromatic N) is 1. The lowest BCUT2D eigenvalue weighted by Crippen LogP contribution is -2.18. The van der Waals surface area contributed by atoms with Crippen LogP contribution in [0.2, 0.25) is 0 Å². The summed E-state index contributed by atoms with van der Waals surface area (Å²) in [4.78, 5) is 7.22. The highest BCUT2D eigenvalue weighted by molar-refractivity contribution is 4.87. The molecule has 0 fully saturated rings. The summed E-state index contributed by atoms with van der Waals surface area (Å²) in [5, 5.41) is 3.36. The van der Waals surface area contributed by atoms with Crippen molar-refractivity contribution in [1.29, 1.82) is 0 Å². The first kappa shape index (κ1) is 9.26. The van der Waals surface area contributed by atoms with Crippen molar-refractivity contribution in [3.05, 3.63) is 18.2 Å². The van der Waals surface area contributed by atoms with Crippen LogP contribution >= 0.6 is 0 Å². The van der Waals surface area contributed by atoms with Crippen molar-refractivity contribution in [1.82, 2.24) is 15.3 Å². The minimum atomic E-state index is 0.997. The highest BCUT2D eigenvalue weighted by Crippen LogP contribution is 1.88. The minimum absolute atomic E-state index is 0.997. The highest BCUT2D eigenvalue weighted by Gasteiger charge is 1.92. The van der Waals surface area contributed by atoms with Gasteiger partial charge >= 0.3 is 0 Å². The number of rotatable bonds is 6. The molecule has 0 unspecified atom stereocenters. The monoisotopic (exact) mass is 167 g/mol. The first-order valence-electron chi connectivity index (χ1n) is 4.62. The predicted molar refractivity (Wildman–Crippen MR) is 50.1 cm³/mol. The summed E-state index contributed by atoms with van der Waals surface area (Å²) in [5.74, 6) is 1.07. The maximum absolute atomic E-state index is 4.14. The fraction of sp³-hybridized carbons (Fsp3) is 0.667. The number of hydrogen-bond acceptors (Lipinski definition) is 2.